The number of aromatic amines is 1. The van der Waals surface area contributed by atoms with E-state index in [1.165, 1.54) is 24.4 Å². The molecule has 16 heavy (non-hydrogen) atoms. The molecule has 2 rings (SSSR count). The zero-order chi connectivity index (χ0) is 11.5. The molecule has 2 N–H and O–H groups in total. The van der Waals surface area contributed by atoms with Crippen LogP contribution in [0.5, 0.6) is 0 Å². The lowest BCUT2D eigenvalue weighted by Crippen LogP contribution is -2.13. The monoisotopic (exact) mass is 283 g/mol. The second-order valence-corrected chi connectivity index (χ2v) is 3.87. The molecule has 1 amide bonds. The maximum atomic E-state index is 12.8. The molecule has 2 aromatic rings. The number of anilines is 1. The first kappa shape index (κ1) is 10.8. The maximum absolute atomic E-state index is 12.8. The number of imidazole rings is 1. The largest absolute Gasteiger partial charge is 0.331 e. The number of aromatic nitrogens is 2. The average molecular weight is 284 g/mol. The summed E-state index contributed by atoms with van der Waals surface area (Å²) in [4.78, 5) is 18.3. The first-order chi connectivity index (χ1) is 7.66. The van der Waals surface area contributed by atoms with Crippen molar-refractivity contribution in [2.45, 2.75) is 0 Å². The number of nitrogens with one attached hydrogen (secondary N) is 2. The van der Waals surface area contributed by atoms with Crippen molar-refractivity contribution in [2.24, 2.45) is 0 Å². The van der Waals surface area contributed by atoms with Crippen LogP contribution in [0.25, 0.3) is 0 Å². The Morgan fingerprint density at radius 1 is 1.50 bits per heavy atom. The van der Waals surface area contributed by atoms with Crippen molar-refractivity contribution in [2.75, 3.05) is 5.32 Å². The molecule has 0 aliphatic carbocycles. The number of amides is 1. The van der Waals surface area contributed by atoms with Gasteiger partial charge in [-0.2, -0.15) is 0 Å². The van der Waals surface area contributed by atoms with Gasteiger partial charge >= 0.3 is 0 Å². The van der Waals surface area contributed by atoms with Crippen LogP contribution in [0.15, 0.2) is 35.1 Å². The highest BCUT2D eigenvalue weighted by molar-refractivity contribution is 9.10. The summed E-state index contributed by atoms with van der Waals surface area (Å²) in [5, 5.41) is 2.54. The van der Waals surface area contributed by atoms with E-state index >= 15 is 0 Å². The predicted octanol–water partition coefficient (Wildman–Crippen LogP) is 2.56. The molecular formula is C10H7BrFN3O. The summed E-state index contributed by atoms with van der Waals surface area (Å²) >= 11 is 3.12. The number of nitrogens with zero attached hydrogens (tertiary/aromatic N) is 1. The van der Waals surface area contributed by atoms with Gasteiger partial charge in [-0.05, 0) is 34.1 Å². The number of hydrogen-bond donors (Lipinski definition) is 2. The second kappa shape index (κ2) is 4.44. The van der Waals surface area contributed by atoms with Crippen LogP contribution in [0, 0.1) is 5.82 Å². The Morgan fingerprint density at radius 2 is 2.31 bits per heavy atom. The summed E-state index contributed by atoms with van der Waals surface area (Å²) < 4.78 is 13.2. The lowest BCUT2D eigenvalue weighted by Gasteiger charge is -2.04. The molecule has 0 saturated heterocycles. The van der Waals surface area contributed by atoms with Crippen molar-refractivity contribution in [3.05, 3.63) is 46.4 Å². The number of halogens is 2. The molecule has 0 aliphatic heterocycles. The molecule has 0 atom stereocenters. The highest BCUT2D eigenvalue weighted by Crippen LogP contribution is 2.18. The molecule has 82 valence electrons. The van der Waals surface area contributed by atoms with Crippen LogP contribution in [0.2, 0.25) is 0 Å². The Morgan fingerprint density at radius 3 is 2.94 bits per heavy atom. The van der Waals surface area contributed by atoms with Gasteiger partial charge in [-0.15, -0.1) is 0 Å². The van der Waals surface area contributed by atoms with Gasteiger partial charge in [0, 0.05) is 16.9 Å². The second-order valence-electron chi connectivity index (χ2n) is 3.02. The van der Waals surface area contributed by atoms with Gasteiger partial charge in [0.15, 0.2) is 0 Å². The molecule has 4 nitrogen and oxygen atoms in total. The van der Waals surface area contributed by atoms with E-state index in [0.717, 1.165) is 0 Å². The fraction of sp³-hybridized carbons (Fsp3) is 0. The molecule has 0 unspecified atom stereocenters. The van der Waals surface area contributed by atoms with Crippen LogP contribution in [0.1, 0.15) is 10.4 Å². The Bertz CT molecular complexity index is 513. The van der Waals surface area contributed by atoms with Crippen LogP contribution < -0.4 is 5.32 Å². The van der Waals surface area contributed by atoms with Crippen molar-refractivity contribution < 1.29 is 9.18 Å². The van der Waals surface area contributed by atoms with E-state index in [0.29, 0.717) is 16.0 Å². The summed E-state index contributed by atoms with van der Waals surface area (Å²) in [6.07, 6.45) is 3.12. The molecule has 1 aromatic carbocycles. The van der Waals surface area contributed by atoms with Crippen LogP contribution in [-0.2, 0) is 0 Å². The Labute approximate surface area is 99.0 Å². The van der Waals surface area contributed by atoms with E-state index in [2.05, 4.69) is 31.2 Å². The van der Waals surface area contributed by atoms with E-state index in [1.54, 1.807) is 6.20 Å². The van der Waals surface area contributed by atoms with Gasteiger partial charge in [-0.3, -0.25) is 10.1 Å². The van der Waals surface area contributed by atoms with Gasteiger partial charge in [-0.25, -0.2) is 9.37 Å². The zero-order valence-corrected chi connectivity index (χ0v) is 9.58. The van der Waals surface area contributed by atoms with Crippen molar-refractivity contribution >= 4 is 27.8 Å². The third-order valence-corrected chi connectivity index (χ3v) is 2.56. The molecular weight excluding hydrogens is 277 g/mol. The summed E-state index contributed by atoms with van der Waals surface area (Å²) in [6.45, 7) is 0. The number of carbonyl (C=O) groups is 1. The van der Waals surface area contributed by atoms with Gasteiger partial charge in [0.25, 0.3) is 5.91 Å². The lowest BCUT2D eigenvalue weighted by molar-refractivity contribution is 0.102. The SMILES string of the molecule is O=C(Nc1ncc[nH]1)c1ccc(F)cc1Br. The van der Waals surface area contributed by atoms with E-state index in [9.17, 15) is 9.18 Å². The molecule has 6 heteroatoms. The normalized spacial score (nSPS) is 10.1. The van der Waals surface area contributed by atoms with Gasteiger partial charge in [0.1, 0.15) is 5.82 Å². The first-order valence-electron chi connectivity index (χ1n) is 4.42. The quantitative estimate of drug-likeness (QED) is 0.890. The minimum absolute atomic E-state index is 0.345. The van der Waals surface area contributed by atoms with Gasteiger partial charge in [-0.1, -0.05) is 0 Å². The van der Waals surface area contributed by atoms with Crippen LogP contribution in [0.4, 0.5) is 10.3 Å². The Balaban J connectivity index is 2.21. The minimum Gasteiger partial charge on any atom is -0.331 e. The zero-order valence-electron chi connectivity index (χ0n) is 8.00. The van der Waals surface area contributed by atoms with Crippen LogP contribution >= 0.6 is 15.9 Å². The fourth-order valence-electron chi connectivity index (χ4n) is 1.18. The van der Waals surface area contributed by atoms with Gasteiger partial charge < -0.3 is 4.98 Å². The van der Waals surface area contributed by atoms with Crippen molar-refractivity contribution in [3.63, 3.8) is 0 Å². The first-order valence-corrected chi connectivity index (χ1v) is 5.22. The maximum Gasteiger partial charge on any atom is 0.259 e. The van der Waals surface area contributed by atoms with Crippen molar-refractivity contribution in [1.29, 1.82) is 0 Å². The average Bonchev–Trinajstić information content (AvgIpc) is 2.70. The minimum atomic E-state index is -0.401. The lowest BCUT2D eigenvalue weighted by atomic mass is 10.2. The third kappa shape index (κ3) is 2.27. The van der Waals surface area contributed by atoms with E-state index in [-0.39, 0.29) is 5.91 Å². The fourth-order valence-corrected chi connectivity index (χ4v) is 1.71. The van der Waals surface area contributed by atoms with Crippen molar-refractivity contribution in [1.82, 2.24) is 9.97 Å². The van der Waals surface area contributed by atoms with Gasteiger partial charge in [0.05, 0.1) is 5.56 Å². The third-order valence-electron chi connectivity index (χ3n) is 1.91. The van der Waals surface area contributed by atoms with E-state index < -0.39 is 5.82 Å². The van der Waals surface area contributed by atoms with Crippen LogP contribution in [-0.4, -0.2) is 15.9 Å². The number of rotatable bonds is 2. The molecule has 1 heterocycles. The summed E-state index contributed by atoms with van der Waals surface area (Å²) in [7, 11) is 0. The highest BCUT2D eigenvalue weighted by atomic mass is 79.9. The Hall–Kier alpha value is -1.69. The number of carbonyl (C=O) groups excluding carboxylic acids is 1. The number of H-pyrrole nitrogens is 1. The van der Waals surface area contributed by atoms with Gasteiger partial charge in [0.2, 0.25) is 5.95 Å². The van der Waals surface area contributed by atoms with Crippen LogP contribution in [0.3, 0.4) is 0 Å². The summed E-state index contributed by atoms with van der Waals surface area (Å²) in [6, 6.07) is 3.86. The molecule has 0 spiro atoms. The van der Waals surface area contributed by atoms with E-state index in [4.69, 9.17) is 0 Å². The summed E-state index contributed by atoms with van der Waals surface area (Å²) in [5.74, 6) is -0.413. The standard InChI is InChI=1S/C10H7BrFN3O/c11-8-5-6(12)1-2-7(8)9(16)15-10-13-3-4-14-10/h1-5H,(H2,13,14,15,16). The smallest absolute Gasteiger partial charge is 0.259 e. The predicted molar refractivity (Wildman–Crippen MR) is 60.6 cm³/mol. The molecule has 0 saturated carbocycles. The number of hydrogen-bond acceptors (Lipinski definition) is 2. The molecule has 1 aromatic heterocycles. The molecule has 0 bridgehead atoms. The Kier molecular flexibility index (Phi) is 3.00. The highest BCUT2D eigenvalue weighted by Gasteiger charge is 2.11. The molecule has 0 radical (unpaired) electrons. The van der Waals surface area contributed by atoms with Crippen molar-refractivity contribution in [3.8, 4) is 0 Å². The molecule has 0 fully saturated rings. The summed E-state index contributed by atoms with van der Waals surface area (Å²) in [5.41, 5.74) is 0.345. The molecule has 0 aliphatic rings. The van der Waals surface area contributed by atoms with E-state index in [1.807, 2.05) is 0 Å². The number of benzene rings is 1. The topological polar surface area (TPSA) is 57.8 Å².